The lowest BCUT2D eigenvalue weighted by Crippen LogP contribution is -2.53. The number of hydrogen-bond donors (Lipinski definition) is 1. The minimum atomic E-state index is -0.349. The van der Waals surface area contributed by atoms with E-state index in [2.05, 4.69) is 17.2 Å². The Morgan fingerprint density at radius 3 is 2.89 bits per heavy atom. The monoisotopic (exact) mass is 261 g/mol. The molecule has 19 heavy (non-hydrogen) atoms. The van der Waals surface area contributed by atoms with Crippen molar-refractivity contribution in [3.63, 3.8) is 0 Å². The number of amides is 1. The van der Waals surface area contributed by atoms with Gasteiger partial charge in [0.25, 0.3) is 0 Å². The first kappa shape index (κ1) is 14.0. The Bertz CT molecular complexity index is 452. The molecule has 1 aliphatic heterocycles. The highest BCUT2D eigenvalue weighted by Crippen LogP contribution is 2.25. The normalized spacial score (nSPS) is 22.5. The molecule has 1 atom stereocenters. The van der Waals surface area contributed by atoms with Crippen molar-refractivity contribution in [3.05, 3.63) is 29.6 Å². The molecule has 4 heteroatoms. The van der Waals surface area contributed by atoms with Gasteiger partial charge in [0, 0.05) is 12.7 Å². The zero-order valence-electron chi connectivity index (χ0n) is 12.1. The van der Waals surface area contributed by atoms with Crippen LogP contribution >= 0.6 is 0 Å². The topological polar surface area (TPSA) is 45.2 Å². The summed E-state index contributed by atoms with van der Waals surface area (Å²) in [5.74, 6) is 0.191. The van der Waals surface area contributed by atoms with Crippen LogP contribution in [0.25, 0.3) is 0 Å². The van der Waals surface area contributed by atoms with E-state index in [1.165, 1.54) is 0 Å². The van der Waals surface area contributed by atoms with Crippen molar-refractivity contribution >= 4 is 5.91 Å². The summed E-state index contributed by atoms with van der Waals surface area (Å²) in [5, 5.41) is 3.39. The summed E-state index contributed by atoms with van der Waals surface area (Å²) in [7, 11) is 1.86. The number of aromatic nitrogens is 1. The lowest BCUT2D eigenvalue weighted by Gasteiger charge is -2.31. The zero-order chi connectivity index (χ0) is 13.9. The van der Waals surface area contributed by atoms with Crippen molar-refractivity contribution in [2.75, 3.05) is 13.6 Å². The van der Waals surface area contributed by atoms with Crippen LogP contribution in [0.1, 0.15) is 37.6 Å². The highest BCUT2D eigenvalue weighted by atomic mass is 16.2. The lowest BCUT2D eigenvalue weighted by atomic mass is 9.92. The molecule has 4 nitrogen and oxygen atoms in total. The largest absolute Gasteiger partial charge is 0.338 e. The summed E-state index contributed by atoms with van der Waals surface area (Å²) in [4.78, 5) is 18.9. The maximum atomic E-state index is 12.6. The minimum Gasteiger partial charge on any atom is -0.338 e. The molecule has 0 radical (unpaired) electrons. The number of carbonyl (C=O) groups excluding carboxylic acids is 1. The van der Waals surface area contributed by atoms with Crippen molar-refractivity contribution in [1.29, 1.82) is 0 Å². The summed E-state index contributed by atoms with van der Waals surface area (Å²) in [6, 6.07) is 5.92. The van der Waals surface area contributed by atoms with Gasteiger partial charge in [-0.25, -0.2) is 0 Å². The molecule has 0 aromatic carbocycles. The molecule has 1 unspecified atom stereocenters. The summed E-state index contributed by atoms with van der Waals surface area (Å²) in [6.45, 7) is 5.56. The van der Waals surface area contributed by atoms with E-state index in [0.29, 0.717) is 6.54 Å². The van der Waals surface area contributed by atoms with Crippen molar-refractivity contribution in [2.45, 2.75) is 45.2 Å². The molecule has 2 heterocycles. The second-order valence-electron chi connectivity index (χ2n) is 5.40. The number of nitrogens with zero attached hydrogens (tertiary/aromatic N) is 2. The number of hydrogen-bond acceptors (Lipinski definition) is 3. The van der Waals surface area contributed by atoms with E-state index in [4.69, 9.17) is 0 Å². The Balaban J connectivity index is 2.07. The molecule has 1 saturated heterocycles. The molecule has 1 aromatic heterocycles. The quantitative estimate of drug-likeness (QED) is 0.900. The Hall–Kier alpha value is -1.42. The second kappa shape index (κ2) is 5.70. The SMILES string of the molecule is CCC1(C(=O)N(C)Cc2cccc(C)n2)CCCN1. The van der Waals surface area contributed by atoms with Crippen molar-refractivity contribution in [1.82, 2.24) is 15.2 Å². The first-order valence-corrected chi connectivity index (χ1v) is 7.00. The molecule has 0 bridgehead atoms. The Morgan fingerprint density at radius 1 is 1.53 bits per heavy atom. The molecule has 2 rings (SSSR count). The summed E-state index contributed by atoms with van der Waals surface area (Å²) in [6.07, 6.45) is 2.86. The van der Waals surface area contributed by atoms with Gasteiger partial charge in [0.15, 0.2) is 0 Å². The predicted octanol–water partition coefficient (Wildman–Crippen LogP) is 1.88. The molecule has 1 fully saturated rings. The molecular weight excluding hydrogens is 238 g/mol. The molecule has 0 aliphatic carbocycles. The number of aryl methyl sites for hydroxylation is 1. The van der Waals surface area contributed by atoms with E-state index in [0.717, 1.165) is 37.2 Å². The van der Waals surface area contributed by atoms with E-state index in [1.807, 2.05) is 32.2 Å². The highest BCUT2D eigenvalue weighted by molar-refractivity contribution is 5.86. The highest BCUT2D eigenvalue weighted by Gasteiger charge is 2.40. The Labute approximate surface area is 115 Å². The van der Waals surface area contributed by atoms with E-state index < -0.39 is 0 Å². The van der Waals surface area contributed by atoms with Gasteiger partial charge in [-0.2, -0.15) is 0 Å². The molecule has 0 saturated carbocycles. The third-order valence-corrected chi connectivity index (χ3v) is 3.95. The average molecular weight is 261 g/mol. The first-order chi connectivity index (χ1) is 9.07. The number of pyridine rings is 1. The van der Waals surface area contributed by atoms with Crippen molar-refractivity contribution in [3.8, 4) is 0 Å². The van der Waals surface area contributed by atoms with Gasteiger partial charge in [0.1, 0.15) is 0 Å². The van der Waals surface area contributed by atoms with E-state index in [1.54, 1.807) is 4.90 Å². The van der Waals surface area contributed by atoms with Crippen LogP contribution in [0.2, 0.25) is 0 Å². The maximum absolute atomic E-state index is 12.6. The third-order valence-electron chi connectivity index (χ3n) is 3.95. The molecule has 104 valence electrons. The van der Waals surface area contributed by atoms with E-state index in [9.17, 15) is 4.79 Å². The third kappa shape index (κ3) is 2.95. The molecule has 1 aliphatic rings. The molecule has 1 amide bonds. The number of carbonyl (C=O) groups is 1. The number of likely N-dealkylation sites (N-methyl/N-ethyl adjacent to an activating group) is 1. The Kier molecular flexibility index (Phi) is 4.20. The predicted molar refractivity (Wildman–Crippen MR) is 75.7 cm³/mol. The van der Waals surface area contributed by atoms with Crippen LogP contribution in [0.3, 0.4) is 0 Å². The summed E-state index contributed by atoms with van der Waals surface area (Å²) >= 11 is 0. The van der Waals surface area contributed by atoms with E-state index >= 15 is 0 Å². The molecule has 0 spiro atoms. The fraction of sp³-hybridized carbons (Fsp3) is 0.600. The molecule has 1 N–H and O–H groups in total. The Morgan fingerprint density at radius 2 is 2.32 bits per heavy atom. The second-order valence-corrected chi connectivity index (χ2v) is 5.40. The van der Waals surface area contributed by atoms with Crippen LogP contribution in [0.15, 0.2) is 18.2 Å². The minimum absolute atomic E-state index is 0.191. The van der Waals surface area contributed by atoms with Crippen LogP contribution in [0.4, 0.5) is 0 Å². The van der Waals surface area contributed by atoms with Crippen molar-refractivity contribution < 1.29 is 4.79 Å². The van der Waals surface area contributed by atoms with Crippen LogP contribution in [0.5, 0.6) is 0 Å². The van der Waals surface area contributed by atoms with Crippen molar-refractivity contribution in [2.24, 2.45) is 0 Å². The van der Waals surface area contributed by atoms with Gasteiger partial charge in [-0.15, -0.1) is 0 Å². The van der Waals surface area contributed by atoms with Crippen LogP contribution in [-0.4, -0.2) is 34.9 Å². The fourth-order valence-corrected chi connectivity index (χ4v) is 2.81. The zero-order valence-corrected chi connectivity index (χ0v) is 12.1. The standard InChI is InChI=1S/C15H23N3O/c1-4-15(9-6-10-16-15)14(19)18(3)11-13-8-5-7-12(2)17-13/h5,7-8,16H,4,6,9-11H2,1-3H3. The van der Waals surface area contributed by atoms with Gasteiger partial charge >= 0.3 is 0 Å². The smallest absolute Gasteiger partial charge is 0.242 e. The van der Waals surface area contributed by atoms with E-state index in [-0.39, 0.29) is 11.4 Å². The van der Waals surface area contributed by atoms with Gasteiger partial charge in [-0.1, -0.05) is 13.0 Å². The average Bonchev–Trinajstić information content (AvgIpc) is 2.87. The van der Waals surface area contributed by atoms with Gasteiger partial charge < -0.3 is 10.2 Å². The molecule has 1 aromatic rings. The summed E-state index contributed by atoms with van der Waals surface area (Å²) < 4.78 is 0. The van der Waals surface area contributed by atoms with Crippen LogP contribution < -0.4 is 5.32 Å². The lowest BCUT2D eigenvalue weighted by molar-refractivity contribution is -0.137. The van der Waals surface area contributed by atoms with Gasteiger partial charge in [0.05, 0.1) is 17.8 Å². The summed E-state index contributed by atoms with van der Waals surface area (Å²) in [5.41, 5.74) is 1.58. The molecular formula is C15H23N3O. The number of rotatable bonds is 4. The number of nitrogens with one attached hydrogen (secondary N) is 1. The van der Waals surface area contributed by atoms with Gasteiger partial charge in [-0.05, 0) is 44.9 Å². The van der Waals surface area contributed by atoms with Crippen LogP contribution in [0, 0.1) is 6.92 Å². The van der Waals surface area contributed by atoms with Gasteiger partial charge in [-0.3, -0.25) is 9.78 Å². The van der Waals surface area contributed by atoms with Crippen LogP contribution in [-0.2, 0) is 11.3 Å². The maximum Gasteiger partial charge on any atom is 0.242 e. The fourth-order valence-electron chi connectivity index (χ4n) is 2.81. The first-order valence-electron chi connectivity index (χ1n) is 7.00. The van der Waals surface area contributed by atoms with Gasteiger partial charge in [0.2, 0.25) is 5.91 Å².